The van der Waals surface area contributed by atoms with Gasteiger partial charge in [-0.25, -0.2) is 0 Å². The van der Waals surface area contributed by atoms with Gasteiger partial charge in [0, 0.05) is 22.7 Å². The summed E-state index contributed by atoms with van der Waals surface area (Å²) < 4.78 is 0.327. The molecule has 3 rings (SSSR count). The van der Waals surface area contributed by atoms with E-state index in [9.17, 15) is 0 Å². The molecule has 2 aliphatic rings. The lowest BCUT2D eigenvalue weighted by atomic mass is 9.73. The van der Waals surface area contributed by atoms with Crippen molar-refractivity contribution in [1.29, 1.82) is 0 Å². The molecular formula is C17H25N3S. The monoisotopic (exact) mass is 303 g/mol. The molecule has 1 aromatic heterocycles. The maximum atomic E-state index is 4.79. The molecule has 1 aliphatic carbocycles. The summed E-state index contributed by atoms with van der Waals surface area (Å²) >= 11 is 1.98. The van der Waals surface area contributed by atoms with E-state index >= 15 is 0 Å². The Labute approximate surface area is 132 Å². The first-order valence-electron chi connectivity index (χ1n) is 7.91. The zero-order chi connectivity index (χ0) is 14.9. The van der Waals surface area contributed by atoms with Crippen molar-refractivity contribution in [2.45, 2.75) is 63.3 Å². The van der Waals surface area contributed by atoms with Gasteiger partial charge in [-0.3, -0.25) is 9.98 Å². The van der Waals surface area contributed by atoms with Gasteiger partial charge in [-0.1, -0.05) is 24.8 Å². The molecule has 0 aromatic carbocycles. The van der Waals surface area contributed by atoms with E-state index in [2.05, 4.69) is 37.1 Å². The number of thioether (sulfide) groups is 1. The van der Waals surface area contributed by atoms with E-state index in [1.807, 2.05) is 24.0 Å². The van der Waals surface area contributed by atoms with E-state index in [4.69, 9.17) is 4.99 Å². The number of aliphatic imine (C=N–C) groups is 1. The lowest BCUT2D eigenvalue weighted by molar-refractivity contribution is 0.231. The average Bonchev–Trinajstić information content (AvgIpc) is 2.72. The first-order valence-corrected chi connectivity index (χ1v) is 8.73. The topological polar surface area (TPSA) is 37.3 Å². The Bertz CT molecular complexity index is 516. The van der Waals surface area contributed by atoms with E-state index in [0.29, 0.717) is 11.3 Å². The van der Waals surface area contributed by atoms with Crippen LogP contribution in [0.1, 0.15) is 52.0 Å². The van der Waals surface area contributed by atoms with Gasteiger partial charge >= 0.3 is 0 Å². The maximum absolute atomic E-state index is 4.79. The summed E-state index contributed by atoms with van der Waals surface area (Å²) in [6.07, 6.45) is 8.98. The van der Waals surface area contributed by atoms with Crippen LogP contribution in [0.5, 0.6) is 0 Å². The number of nitrogens with one attached hydrogen (secondary N) is 1. The largest absolute Gasteiger partial charge is 0.359 e. The van der Waals surface area contributed by atoms with Crippen molar-refractivity contribution in [3.63, 3.8) is 0 Å². The second-order valence-corrected chi connectivity index (χ2v) is 8.38. The molecule has 0 unspecified atom stereocenters. The summed E-state index contributed by atoms with van der Waals surface area (Å²) in [6, 6.07) is 4.05. The number of aromatic nitrogens is 1. The van der Waals surface area contributed by atoms with Gasteiger partial charge in [0.2, 0.25) is 0 Å². The molecule has 0 atom stereocenters. The van der Waals surface area contributed by atoms with Crippen LogP contribution in [0.4, 0.5) is 0 Å². The molecule has 1 spiro atoms. The highest BCUT2D eigenvalue weighted by Gasteiger charge is 2.53. The number of pyridine rings is 1. The van der Waals surface area contributed by atoms with Crippen LogP contribution in [-0.4, -0.2) is 20.4 Å². The van der Waals surface area contributed by atoms with Gasteiger partial charge in [0.15, 0.2) is 5.17 Å². The second kappa shape index (κ2) is 5.64. The Balaban J connectivity index is 1.72. The predicted molar refractivity (Wildman–Crippen MR) is 90.5 cm³/mol. The molecule has 1 saturated heterocycles. The van der Waals surface area contributed by atoms with Gasteiger partial charge in [-0.05, 0) is 57.1 Å². The number of hydrogen-bond acceptors (Lipinski definition) is 3. The second-order valence-electron chi connectivity index (χ2n) is 7.01. The number of nitrogens with zero attached hydrogens (tertiary/aromatic N) is 2. The molecule has 1 saturated carbocycles. The van der Waals surface area contributed by atoms with Crippen LogP contribution < -0.4 is 5.32 Å². The van der Waals surface area contributed by atoms with E-state index in [0.717, 1.165) is 11.1 Å². The summed E-state index contributed by atoms with van der Waals surface area (Å²) in [4.78, 5) is 8.94. The highest BCUT2D eigenvalue weighted by Crippen LogP contribution is 2.52. The van der Waals surface area contributed by atoms with Crippen molar-refractivity contribution in [3.8, 4) is 0 Å². The Morgan fingerprint density at radius 3 is 2.81 bits per heavy atom. The molecule has 114 valence electrons. The standard InChI is InChI=1S/C17H25N3S/c1-13-6-8-17(9-7-13)16(2,3)20-15(21-17)19-12-14-5-4-10-18-11-14/h4-5,10-11,13H,6-9,12H2,1-3H3,(H,19,20). The van der Waals surface area contributed by atoms with Crippen LogP contribution in [-0.2, 0) is 6.54 Å². The molecule has 2 fully saturated rings. The normalized spacial score (nSPS) is 33.3. The van der Waals surface area contributed by atoms with E-state index in [-0.39, 0.29) is 5.54 Å². The fourth-order valence-electron chi connectivity index (χ4n) is 3.40. The smallest absolute Gasteiger partial charge is 0.157 e. The van der Waals surface area contributed by atoms with Gasteiger partial charge < -0.3 is 5.32 Å². The summed E-state index contributed by atoms with van der Waals surface area (Å²) in [5.74, 6) is 0.878. The van der Waals surface area contributed by atoms with Gasteiger partial charge in [0.05, 0.1) is 6.54 Å². The number of hydrogen-bond donors (Lipinski definition) is 1. The maximum Gasteiger partial charge on any atom is 0.157 e. The summed E-state index contributed by atoms with van der Waals surface area (Å²) in [7, 11) is 0. The Hall–Kier alpha value is -1.03. The van der Waals surface area contributed by atoms with Crippen molar-refractivity contribution in [1.82, 2.24) is 10.3 Å². The minimum atomic E-state index is 0.131. The Morgan fingerprint density at radius 2 is 2.14 bits per heavy atom. The summed E-state index contributed by atoms with van der Waals surface area (Å²) in [5, 5.41) is 4.78. The van der Waals surface area contributed by atoms with E-state index < -0.39 is 0 Å². The molecule has 3 nitrogen and oxygen atoms in total. The molecule has 4 heteroatoms. The van der Waals surface area contributed by atoms with Crippen LogP contribution in [0.2, 0.25) is 0 Å². The quantitative estimate of drug-likeness (QED) is 0.897. The van der Waals surface area contributed by atoms with Crippen LogP contribution in [0.25, 0.3) is 0 Å². The zero-order valence-electron chi connectivity index (χ0n) is 13.2. The third-order valence-corrected chi connectivity index (χ3v) is 6.79. The third kappa shape index (κ3) is 2.96. The first-order chi connectivity index (χ1) is 10.0. The molecule has 21 heavy (non-hydrogen) atoms. The minimum Gasteiger partial charge on any atom is -0.359 e. The first kappa shape index (κ1) is 14.9. The third-order valence-electron chi connectivity index (χ3n) is 5.06. The van der Waals surface area contributed by atoms with E-state index in [1.165, 1.54) is 31.2 Å². The number of rotatable bonds is 2. The zero-order valence-corrected chi connectivity index (χ0v) is 14.0. The molecule has 1 aliphatic heterocycles. The van der Waals surface area contributed by atoms with E-state index in [1.54, 1.807) is 6.20 Å². The van der Waals surface area contributed by atoms with Gasteiger partial charge in [-0.15, -0.1) is 0 Å². The highest BCUT2D eigenvalue weighted by atomic mass is 32.2. The van der Waals surface area contributed by atoms with Crippen molar-refractivity contribution < 1.29 is 0 Å². The van der Waals surface area contributed by atoms with Crippen LogP contribution in [0, 0.1) is 5.92 Å². The van der Waals surface area contributed by atoms with Gasteiger partial charge in [0.25, 0.3) is 0 Å². The molecular weight excluding hydrogens is 278 g/mol. The Kier molecular flexibility index (Phi) is 4.00. The molecule has 0 radical (unpaired) electrons. The lowest BCUT2D eigenvalue weighted by Gasteiger charge is -2.43. The minimum absolute atomic E-state index is 0.131. The van der Waals surface area contributed by atoms with Crippen molar-refractivity contribution in [3.05, 3.63) is 30.1 Å². The lowest BCUT2D eigenvalue weighted by Crippen LogP contribution is -2.52. The number of amidine groups is 1. The summed E-state index contributed by atoms with van der Waals surface area (Å²) in [6.45, 7) is 7.77. The van der Waals surface area contributed by atoms with Gasteiger partial charge in [-0.2, -0.15) is 0 Å². The van der Waals surface area contributed by atoms with Crippen LogP contribution in [0.3, 0.4) is 0 Å². The van der Waals surface area contributed by atoms with Crippen molar-refractivity contribution in [2.24, 2.45) is 10.9 Å². The molecule has 0 amide bonds. The molecule has 2 heterocycles. The molecule has 1 N–H and O–H groups in total. The molecule has 1 aromatic rings. The average molecular weight is 303 g/mol. The van der Waals surface area contributed by atoms with Crippen molar-refractivity contribution in [2.75, 3.05) is 0 Å². The molecule has 0 bridgehead atoms. The van der Waals surface area contributed by atoms with Gasteiger partial charge in [0.1, 0.15) is 0 Å². The highest BCUT2D eigenvalue weighted by molar-refractivity contribution is 8.15. The predicted octanol–water partition coefficient (Wildman–Crippen LogP) is 4.00. The summed E-state index contributed by atoms with van der Waals surface area (Å²) in [5.41, 5.74) is 1.30. The SMILES string of the molecule is CC1CCC2(CC1)SC(=NCc1cccnc1)NC2(C)C. The van der Waals surface area contributed by atoms with Crippen LogP contribution >= 0.6 is 11.8 Å². The van der Waals surface area contributed by atoms with Crippen LogP contribution in [0.15, 0.2) is 29.5 Å². The fraction of sp³-hybridized carbons (Fsp3) is 0.647. The Morgan fingerprint density at radius 1 is 1.38 bits per heavy atom. The van der Waals surface area contributed by atoms with Crippen molar-refractivity contribution >= 4 is 16.9 Å². The fourth-order valence-corrected chi connectivity index (χ4v) is 4.95.